The van der Waals surface area contributed by atoms with Gasteiger partial charge in [-0.25, -0.2) is 4.79 Å². The lowest BCUT2D eigenvalue weighted by Crippen LogP contribution is -2.52. The molecule has 1 fully saturated rings. The molecule has 0 bridgehead atoms. The largest absolute Gasteiger partial charge is 0.444 e. The zero-order chi connectivity index (χ0) is 32.8. The molecule has 0 aromatic heterocycles. The lowest BCUT2D eigenvalue weighted by molar-refractivity contribution is -0.137. The van der Waals surface area contributed by atoms with Crippen molar-refractivity contribution in [2.45, 2.75) is 61.2 Å². The predicted molar refractivity (Wildman–Crippen MR) is 166 cm³/mol. The van der Waals surface area contributed by atoms with Gasteiger partial charge in [-0.05, 0) is 64.1 Å². The van der Waals surface area contributed by atoms with E-state index in [-0.39, 0.29) is 6.42 Å². The van der Waals surface area contributed by atoms with Crippen LogP contribution in [0.15, 0.2) is 52.3 Å². The van der Waals surface area contributed by atoms with Crippen LogP contribution in [0.4, 0.5) is 29.3 Å². The summed E-state index contributed by atoms with van der Waals surface area (Å²) in [5.74, 6) is -1.24. The van der Waals surface area contributed by atoms with Gasteiger partial charge in [0.1, 0.15) is 11.6 Å². The van der Waals surface area contributed by atoms with Crippen LogP contribution >= 0.6 is 11.8 Å². The first-order valence-electron chi connectivity index (χ1n) is 15.0. The summed E-state index contributed by atoms with van der Waals surface area (Å²) in [7, 11) is 0. The minimum Gasteiger partial charge on any atom is -0.444 e. The highest BCUT2D eigenvalue weighted by Gasteiger charge is 2.33. The van der Waals surface area contributed by atoms with Crippen molar-refractivity contribution in [3.63, 3.8) is 0 Å². The van der Waals surface area contributed by atoms with Gasteiger partial charge in [-0.3, -0.25) is 14.5 Å². The van der Waals surface area contributed by atoms with E-state index in [1.165, 1.54) is 17.8 Å². The maximum Gasteiger partial charge on any atom is 0.416 e. The fourth-order valence-electron chi connectivity index (χ4n) is 5.26. The number of hydrogen-bond donors (Lipinski definition) is 3. The molecule has 1 unspecified atom stereocenters. The van der Waals surface area contributed by atoms with Crippen molar-refractivity contribution in [2.75, 3.05) is 57.3 Å². The number of alkyl carbamates (subject to hydrolysis) is 1. The highest BCUT2D eigenvalue weighted by Crippen LogP contribution is 2.49. The van der Waals surface area contributed by atoms with Gasteiger partial charge in [0, 0.05) is 55.6 Å². The number of anilines is 2. The predicted octanol–water partition coefficient (Wildman–Crippen LogP) is 4.20. The normalized spacial score (nSPS) is 16.4. The molecule has 0 spiro atoms. The van der Waals surface area contributed by atoms with E-state index in [0.29, 0.717) is 25.3 Å². The number of alkyl halides is 3. The number of para-hydroxylation sites is 1. The van der Waals surface area contributed by atoms with Gasteiger partial charge in [-0.2, -0.15) is 13.2 Å². The molecule has 0 saturated carbocycles. The minimum absolute atomic E-state index is 0.329. The first kappa shape index (κ1) is 34.4. The lowest BCUT2D eigenvalue weighted by Gasteiger charge is -2.36. The van der Waals surface area contributed by atoms with Gasteiger partial charge in [0.25, 0.3) is 0 Å². The van der Waals surface area contributed by atoms with E-state index in [9.17, 15) is 27.6 Å². The molecule has 4 rings (SSSR count). The van der Waals surface area contributed by atoms with Gasteiger partial charge in [0.15, 0.2) is 0 Å². The van der Waals surface area contributed by atoms with E-state index in [0.717, 1.165) is 60.7 Å². The molecule has 2 aliphatic heterocycles. The quantitative estimate of drug-likeness (QED) is 0.331. The van der Waals surface area contributed by atoms with Crippen LogP contribution in [0.5, 0.6) is 0 Å². The number of halogens is 3. The highest BCUT2D eigenvalue weighted by atomic mass is 32.2. The zero-order valence-electron chi connectivity index (χ0n) is 25.8. The molecule has 0 aliphatic carbocycles. The Labute approximate surface area is 265 Å². The van der Waals surface area contributed by atoms with Crippen LogP contribution in [-0.4, -0.2) is 91.7 Å². The number of nitrogens with zero attached hydrogens (tertiary/aromatic N) is 3. The second-order valence-electron chi connectivity index (χ2n) is 12.1. The fourth-order valence-corrected chi connectivity index (χ4v) is 6.33. The van der Waals surface area contributed by atoms with Gasteiger partial charge in [-0.15, -0.1) is 0 Å². The average molecular weight is 651 g/mol. The topological polar surface area (TPSA) is 120 Å². The molecule has 2 aromatic rings. The fraction of sp³-hybridized carbons (Fsp3) is 0.516. The molecule has 0 radical (unpaired) electrons. The molecule has 1 saturated heterocycles. The Morgan fingerprint density at radius 3 is 2.22 bits per heavy atom. The Bertz CT molecular complexity index is 1360. The number of piperazine rings is 1. The van der Waals surface area contributed by atoms with E-state index in [1.807, 2.05) is 29.2 Å². The summed E-state index contributed by atoms with van der Waals surface area (Å²) in [5, 5.41) is 5.18. The second-order valence-corrected chi connectivity index (χ2v) is 13.2. The number of nitrogens with two attached hydrogens (primary N) is 1. The van der Waals surface area contributed by atoms with E-state index >= 15 is 0 Å². The molecule has 2 aromatic carbocycles. The third-order valence-electron chi connectivity index (χ3n) is 7.41. The summed E-state index contributed by atoms with van der Waals surface area (Å²) in [6.45, 7) is 10.6. The first-order valence-corrected chi connectivity index (χ1v) is 15.8. The van der Waals surface area contributed by atoms with E-state index in [4.69, 9.17) is 10.5 Å². The van der Waals surface area contributed by atoms with Crippen LogP contribution in [0.25, 0.3) is 0 Å². The van der Waals surface area contributed by atoms with Crippen LogP contribution in [0, 0.1) is 0 Å². The molecule has 45 heavy (non-hydrogen) atoms. The Balaban J connectivity index is 1.23. The van der Waals surface area contributed by atoms with Gasteiger partial charge < -0.3 is 30.9 Å². The SMILES string of the molecule is CC(C)(C)OC(=O)NC(CC(N)=O)C(=O)NCCN1CCN(CCCN2c3ccccc3Sc3ccc(C(F)(F)F)cc32)CC1. The number of nitrogens with one attached hydrogen (secondary N) is 2. The molecule has 10 nitrogen and oxygen atoms in total. The minimum atomic E-state index is -4.41. The van der Waals surface area contributed by atoms with E-state index in [1.54, 1.807) is 26.8 Å². The number of carbonyl (C=O) groups is 3. The number of rotatable bonds is 11. The molecule has 3 amide bonds. The number of fused-ring (bicyclic) bond motifs is 2. The molecule has 246 valence electrons. The van der Waals surface area contributed by atoms with Crippen molar-refractivity contribution in [1.82, 2.24) is 20.4 Å². The van der Waals surface area contributed by atoms with Gasteiger partial charge in [0.05, 0.1) is 23.4 Å². The summed E-state index contributed by atoms with van der Waals surface area (Å²) < 4.78 is 45.7. The van der Waals surface area contributed by atoms with Gasteiger partial charge in [0.2, 0.25) is 11.8 Å². The summed E-state index contributed by atoms with van der Waals surface area (Å²) in [5.41, 5.74) is 5.35. The third-order valence-corrected chi connectivity index (χ3v) is 8.54. The number of hydrogen-bond acceptors (Lipinski definition) is 8. The zero-order valence-corrected chi connectivity index (χ0v) is 26.6. The van der Waals surface area contributed by atoms with Gasteiger partial charge >= 0.3 is 12.3 Å². The maximum absolute atomic E-state index is 13.5. The van der Waals surface area contributed by atoms with E-state index < -0.39 is 41.3 Å². The highest BCUT2D eigenvalue weighted by molar-refractivity contribution is 7.99. The molecular formula is C31H41F3N6O4S. The molecular weight excluding hydrogens is 609 g/mol. The molecule has 14 heteroatoms. The Morgan fingerprint density at radius 1 is 0.933 bits per heavy atom. The lowest BCUT2D eigenvalue weighted by atomic mass is 10.1. The summed E-state index contributed by atoms with van der Waals surface area (Å²) in [6, 6.07) is 10.6. The van der Waals surface area contributed by atoms with Gasteiger partial charge in [-0.1, -0.05) is 23.9 Å². The van der Waals surface area contributed by atoms with E-state index in [2.05, 4.69) is 20.4 Å². The Hall–Kier alpha value is -3.49. The van der Waals surface area contributed by atoms with Crippen LogP contribution < -0.4 is 21.3 Å². The number of benzene rings is 2. The van der Waals surface area contributed by atoms with Crippen LogP contribution in [0.3, 0.4) is 0 Å². The smallest absolute Gasteiger partial charge is 0.416 e. The Kier molecular flexibility index (Phi) is 11.3. The maximum atomic E-state index is 13.5. The summed E-state index contributed by atoms with van der Waals surface area (Å²) in [4.78, 5) is 44.6. The van der Waals surface area contributed by atoms with Crippen LogP contribution in [0.2, 0.25) is 0 Å². The molecule has 2 heterocycles. The number of amides is 3. The average Bonchev–Trinajstić information content (AvgIpc) is 2.95. The summed E-state index contributed by atoms with van der Waals surface area (Å²) in [6.07, 6.45) is -4.79. The molecule has 2 aliphatic rings. The summed E-state index contributed by atoms with van der Waals surface area (Å²) >= 11 is 1.49. The number of primary amides is 1. The molecule has 1 atom stereocenters. The Morgan fingerprint density at radius 2 is 1.58 bits per heavy atom. The van der Waals surface area contributed by atoms with Crippen molar-refractivity contribution in [3.05, 3.63) is 48.0 Å². The van der Waals surface area contributed by atoms with Crippen molar-refractivity contribution < 1.29 is 32.3 Å². The monoisotopic (exact) mass is 650 g/mol. The van der Waals surface area contributed by atoms with Crippen LogP contribution in [0.1, 0.15) is 39.2 Å². The number of ether oxygens (including phenoxy) is 1. The van der Waals surface area contributed by atoms with Crippen molar-refractivity contribution in [2.24, 2.45) is 5.73 Å². The number of carbonyl (C=O) groups excluding carboxylic acids is 3. The first-order chi connectivity index (χ1) is 21.2. The third kappa shape index (κ3) is 10.00. The van der Waals surface area contributed by atoms with Crippen molar-refractivity contribution in [1.29, 1.82) is 0 Å². The standard InChI is InChI=1S/C31H41F3N6O4S/c1-30(2,3)44-29(43)37-22(20-27(35)41)28(42)36-11-14-39-17-15-38(16-18-39)12-6-13-40-23-7-4-5-8-25(23)45-26-10-9-21(19-24(26)40)31(32,33)34/h4-5,7-10,19,22H,6,11-18,20H2,1-3H3,(H2,35,41)(H,36,42)(H,37,43). The second kappa shape index (κ2) is 14.7. The van der Waals surface area contributed by atoms with Crippen LogP contribution in [-0.2, 0) is 20.5 Å². The van der Waals surface area contributed by atoms with Crippen molar-refractivity contribution in [3.8, 4) is 0 Å². The van der Waals surface area contributed by atoms with Crippen molar-refractivity contribution >= 4 is 41.0 Å². The molecule has 4 N–H and O–H groups in total.